The molecule has 1 saturated heterocycles. The predicted molar refractivity (Wildman–Crippen MR) is 94.5 cm³/mol. The number of likely N-dealkylation sites (N-methyl/N-ethyl adjacent to an activating group) is 1. The van der Waals surface area contributed by atoms with Crippen LogP contribution in [0.5, 0.6) is 11.5 Å². The molecular formula is C17H25ClN3O3+. The average molecular weight is 355 g/mol. The predicted octanol–water partition coefficient (Wildman–Crippen LogP) is 0.622. The monoisotopic (exact) mass is 354 g/mol. The molecular weight excluding hydrogens is 330 g/mol. The topological polar surface area (TPSA) is 55.2 Å². The van der Waals surface area contributed by atoms with Crippen molar-refractivity contribution in [3.63, 3.8) is 0 Å². The molecule has 0 aliphatic carbocycles. The molecule has 1 aliphatic rings. The number of nitrogens with zero attached hydrogens (tertiary/aromatic N) is 1. The minimum absolute atomic E-state index is 0.154. The van der Waals surface area contributed by atoms with E-state index in [0.29, 0.717) is 23.1 Å². The summed E-state index contributed by atoms with van der Waals surface area (Å²) in [7, 11) is 3.71. The Balaban J connectivity index is 2.00. The molecule has 2 N–H and O–H groups in total. The van der Waals surface area contributed by atoms with Gasteiger partial charge in [-0.05, 0) is 30.7 Å². The summed E-state index contributed by atoms with van der Waals surface area (Å²) in [5.74, 6) is 0.910. The number of piperazine rings is 1. The zero-order valence-corrected chi connectivity index (χ0v) is 15.2. The van der Waals surface area contributed by atoms with Crippen LogP contribution in [0, 0.1) is 0 Å². The molecule has 0 saturated carbocycles. The van der Waals surface area contributed by atoms with Crippen LogP contribution in [0.3, 0.4) is 0 Å². The third-order valence-electron chi connectivity index (χ3n) is 3.85. The minimum Gasteiger partial charge on any atom is -0.493 e. The van der Waals surface area contributed by atoms with Gasteiger partial charge in [0, 0.05) is 6.08 Å². The van der Waals surface area contributed by atoms with Gasteiger partial charge in [0.1, 0.15) is 0 Å². The van der Waals surface area contributed by atoms with Crippen LogP contribution in [0.4, 0.5) is 0 Å². The molecule has 0 unspecified atom stereocenters. The van der Waals surface area contributed by atoms with Crippen molar-refractivity contribution in [2.75, 3.05) is 46.9 Å². The van der Waals surface area contributed by atoms with Crippen molar-refractivity contribution in [1.82, 2.24) is 10.4 Å². The minimum atomic E-state index is -0.154. The third-order valence-corrected chi connectivity index (χ3v) is 4.13. The number of hydrazine groups is 1. The van der Waals surface area contributed by atoms with E-state index in [9.17, 15) is 4.79 Å². The zero-order valence-electron chi connectivity index (χ0n) is 14.4. The van der Waals surface area contributed by atoms with Gasteiger partial charge in [-0.1, -0.05) is 11.6 Å². The summed E-state index contributed by atoms with van der Waals surface area (Å²) in [5.41, 5.74) is 3.67. The molecule has 0 bridgehead atoms. The molecule has 7 heteroatoms. The van der Waals surface area contributed by atoms with Crippen molar-refractivity contribution in [3.05, 3.63) is 28.8 Å². The second-order valence-electron chi connectivity index (χ2n) is 5.72. The van der Waals surface area contributed by atoms with Crippen molar-refractivity contribution in [2.24, 2.45) is 0 Å². The second kappa shape index (κ2) is 8.92. The van der Waals surface area contributed by atoms with E-state index in [4.69, 9.17) is 21.1 Å². The first-order chi connectivity index (χ1) is 11.5. The number of halogens is 1. The van der Waals surface area contributed by atoms with Gasteiger partial charge < -0.3 is 14.4 Å². The number of amides is 1. The van der Waals surface area contributed by atoms with Gasteiger partial charge >= 0.3 is 0 Å². The Kier molecular flexibility index (Phi) is 6.90. The van der Waals surface area contributed by atoms with Gasteiger partial charge in [-0.3, -0.25) is 10.2 Å². The molecule has 0 spiro atoms. The Morgan fingerprint density at radius 1 is 1.42 bits per heavy atom. The van der Waals surface area contributed by atoms with Crippen molar-refractivity contribution in [1.29, 1.82) is 0 Å². The van der Waals surface area contributed by atoms with Crippen LogP contribution in [0.2, 0.25) is 5.02 Å². The molecule has 1 amide bonds. The Hall–Kier alpha value is -1.76. The maximum Gasteiger partial charge on any atom is 0.258 e. The van der Waals surface area contributed by atoms with Gasteiger partial charge in [-0.2, -0.15) is 0 Å². The molecule has 1 aliphatic heterocycles. The van der Waals surface area contributed by atoms with E-state index in [1.54, 1.807) is 25.3 Å². The van der Waals surface area contributed by atoms with Crippen molar-refractivity contribution in [3.8, 4) is 11.5 Å². The van der Waals surface area contributed by atoms with Gasteiger partial charge in [0.15, 0.2) is 11.5 Å². The van der Waals surface area contributed by atoms with E-state index in [-0.39, 0.29) is 5.91 Å². The van der Waals surface area contributed by atoms with Crippen molar-refractivity contribution < 1.29 is 19.2 Å². The Morgan fingerprint density at radius 3 is 2.75 bits per heavy atom. The highest BCUT2D eigenvalue weighted by molar-refractivity contribution is 6.32. The lowest BCUT2D eigenvalue weighted by molar-refractivity contribution is -0.884. The lowest BCUT2D eigenvalue weighted by Crippen LogP contribution is -3.12. The van der Waals surface area contributed by atoms with E-state index in [0.717, 1.165) is 31.7 Å². The summed E-state index contributed by atoms with van der Waals surface area (Å²) >= 11 is 6.23. The maximum atomic E-state index is 12.0. The molecule has 1 fully saturated rings. The van der Waals surface area contributed by atoms with E-state index in [2.05, 4.69) is 12.5 Å². The van der Waals surface area contributed by atoms with E-state index < -0.39 is 0 Å². The molecule has 132 valence electrons. The van der Waals surface area contributed by atoms with Gasteiger partial charge in [-0.25, -0.2) is 5.01 Å². The van der Waals surface area contributed by atoms with Crippen LogP contribution in [-0.2, 0) is 4.79 Å². The number of rotatable bonds is 6. The normalized spacial score (nSPS) is 16.3. The summed E-state index contributed by atoms with van der Waals surface area (Å²) in [4.78, 5) is 13.5. The highest BCUT2D eigenvalue weighted by Crippen LogP contribution is 2.36. The molecule has 0 aromatic heterocycles. The third kappa shape index (κ3) is 5.12. The fourth-order valence-electron chi connectivity index (χ4n) is 2.49. The van der Waals surface area contributed by atoms with Crippen LogP contribution in [0.15, 0.2) is 18.2 Å². The largest absolute Gasteiger partial charge is 0.493 e. The average Bonchev–Trinajstić information content (AvgIpc) is 2.57. The van der Waals surface area contributed by atoms with Crippen molar-refractivity contribution in [2.45, 2.75) is 6.92 Å². The van der Waals surface area contributed by atoms with Gasteiger partial charge in [0.05, 0.1) is 52.0 Å². The summed E-state index contributed by atoms with van der Waals surface area (Å²) in [6.07, 6.45) is 3.21. The maximum absolute atomic E-state index is 12.0. The standard InChI is InChI=1S/C17H24ClN3O3/c1-4-24-17-14(18)11-13(12-15(17)23-3)5-6-16(22)19-21-9-7-20(2)8-10-21/h5-6,11-12H,4,7-10H2,1-3H3,(H,19,22)/p+1/b6-5+. The molecule has 1 aromatic rings. The number of ether oxygens (including phenoxy) is 2. The number of nitrogens with one attached hydrogen (secondary N) is 2. The summed E-state index contributed by atoms with van der Waals surface area (Å²) < 4.78 is 10.8. The second-order valence-corrected chi connectivity index (χ2v) is 6.13. The molecule has 0 radical (unpaired) electrons. The zero-order chi connectivity index (χ0) is 17.5. The number of carbonyl (C=O) groups is 1. The first-order valence-electron chi connectivity index (χ1n) is 8.08. The van der Waals surface area contributed by atoms with Crippen LogP contribution in [-0.4, -0.2) is 57.9 Å². The highest BCUT2D eigenvalue weighted by atomic mass is 35.5. The van der Waals surface area contributed by atoms with Crippen LogP contribution in [0.25, 0.3) is 6.08 Å². The Morgan fingerprint density at radius 2 is 2.12 bits per heavy atom. The number of quaternary nitrogens is 1. The fraction of sp³-hybridized carbons (Fsp3) is 0.471. The number of benzene rings is 1. The Bertz CT molecular complexity index is 599. The number of carbonyl (C=O) groups excluding carboxylic acids is 1. The van der Waals surface area contributed by atoms with Gasteiger partial charge in [0.2, 0.25) is 0 Å². The number of hydrogen-bond acceptors (Lipinski definition) is 4. The molecule has 6 nitrogen and oxygen atoms in total. The lowest BCUT2D eigenvalue weighted by atomic mass is 10.2. The molecule has 2 rings (SSSR count). The van der Waals surface area contributed by atoms with Gasteiger partial charge in [0.25, 0.3) is 5.91 Å². The van der Waals surface area contributed by atoms with Gasteiger partial charge in [-0.15, -0.1) is 0 Å². The first-order valence-corrected chi connectivity index (χ1v) is 8.46. The van der Waals surface area contributed by atoms with E-state index in [1.165, 1.54) is 11.0 Å². The van der Waals surface area contributed by atoms with Crippen LogP contribution < -0.4 is 19.8 Å². The lowest BCUT2D eigenvalue weighted by Gasteiger charge is -2.29. The molecule has 24 heavy (non-hydrogen) atoms. The highest BCUT2D eigenvalue weighted by Gasteiger charge is 2.17. The molecule has 1 aromatic carbocycles. The van der Waals surface area contributed by atoms with Crippen LogP contribution >= 0.6 is 11.6 Å². The Labute approximate surface area is 147 Å². The van der Waals surface area contributed by atoms with E-state index in [1.807, 2.05) is 11.9 Å². The first kappa shape index (κ1) is 18.6. The van der Waals surface area contributed by atoms with E-state index >= 15 is 0 Å². The summed E-state index contributed by atoms with van der Waals surface area (Å²) in [6, 6.07) is 3.54. The number of methoxy groups -OCH3 is 1. The summed E-state index contributed by atoms with van der Waals surface area (Å²) in [5, 5.41) is 2.41. The van der Waals surface area contributed by atoms with Crippen molar-refractivity contribution >= 4 is 23.6 Å². The summed E-state index contributed by atoms with van der Waals surface area (Å²) in [6.45, 7) is 6.14. The van der Waals surface area contributed by atoms with Crippen LogP contribution in [0.1, 0.15) is 12.5 Å². The quantitative estimate of drug-likeness (QED) is 0.735. The smallest absolute Gasteiger partial charge is 0.258 e. The number of hydrogen-bond donors (Lipinski definition) is 2. The molecule has 1 heterocycles. The fourth-order valence-corrected chi connectivity index (χ4v) is 2.76. The molecule has 0 atom stereocenters. The SMILES string of the molecule is CCOc1c(Cl)cc(/C=C/C(=O)NN2CC[NH+](C)CC2)cc1OC.